The maximum absolute atomic E-state index is 13.2. The molecule has 1 aromatic rings. The van der Waals surface area contributed by atoms with E-state index in [9.17, 15) is 18.8 Å². The van der Waals surface area contributed by atoms with Crippen molar-refractivity contribution < 1.29 is 23.5 Å². The predicted octanol–water partition coefficient (Wildman–Crippen LogP) is 1.48. The van der Waals surface area contributed by atoms with Gasteiger partial charge < -0.3 is 15.0 Å². The van der Waals surface area contributed by atoms with E-state index < -0.39 is 17.8 Å². The summed E-state index contributed by atoms with van der Waals surface area (Å²) < 4.78 is 17.9. The second-order valence-corrected chi connectivity index (χ2v) is 5.41. The monoisotopic (exact) mass is 322 g/mol. The van der Waals surface area contributed by atoms with E-state index in [1.807, 2.05) is 0 Å². The van der Waals surface area contributed by atoms with Gasteiger partial charge in [-0.1, -0.05) is 0 Å². The van der Waals surface area contributed by atoms with E-state index in [1.165, 1.54) is 17.0 Å². The lowest BCUT2D eigenvalue weighted by Crippen LogP contribution is -2.37. The third kappa shape index (κ3) is 4.06. The molecule has 1 atom stereocenters. The summed E-state index contributed by atoms with van der Waals surface area (Å²) >= 11 is 0. The van der Waals surface area contributed by atoms with Gasteiger partial charge in [0.2, 0.25) is 5.91 Å². The molecule has 0 radical (unpaired) electrons. The Bertz CT molecular complexity index is 633. The fourth-order valence-electron chi connectivity index (χ4n) is 2.45. The zero-order valence-corrected chi connectivity index (χ0v) is 13.1. The largest absolute Gasteiger partial charge is 0.459 e. The summed E-state index contributed by atoms with van der Waals surface area (Å²) in [6, 6.07) is 4.32. The number of carbonyl (C=O) groups excluding carboxylic acids is 3. The number of hydrogen-bond acceptors (Lipinski definition) is 4. The Hall–Kier alpha value is -2.44. The highest BCUT2D eigenvalue weighted by Gasteiger charge is 2.34. The van der Waals surface area contributed by atoms with E-state index >= 15 is 0 Å². The number of nitrogens with zero attached hydrogens (tertiary/aromatic N) is 1. The average Bonchev–Trinajstić information content (AvgIpc) is 3.00. The molecule has 0 unspecified atom stereocenters. The van der Waals surface area contributed by atoms with Gasteiger partial charge in [0.25, 0.3) is 0 Å². The van der Waals surface area contributed by atoms with Gasteiger partial charge >= 0.3 is 11.9 Å². The molecule has 0 saturated carbocycles. The molecule has 1 N–H and O–H groups in total. The number of ether oxygens (including phenoxy) is 1. The van der Waals surface area contributed by atoms with Crippen LogP contribution in [0.1, 0.15) is 18.9 Å². The number of esters is 1. The number of aryl methyl sites for hydroxylation is 1. The van der Waals surface area contributed by atoms with Gasteiger partial charge in [-0.05, 0) is 44.0 Å². The van der Waals surface area contributed by atoms with E-state index in [-0.39, 0.29) is 24.9 Å². The Labute approximate surface area is 133 Å². The first-order valence-corrected chi connectivity index (χ1v) is 7.45. The lowest BCUT2D eigenvalue weighted by atomic mass is 10.1. The SMILES string of the molecule is CCOC(=O)C(=O)N1CC[C@H](C(=O)Nc2ccc(F)c(C)c2)C1. The van der Waals surface area contributed by atoms with E-state index in [4.69, 9.17) is 0 Å². The van der Waals surface area contributed by atoms with Gasteiger partial charge in [0.05, 0.1) is 12.5 Å². The van der Waals surface area contributed by atoms with Crippen LogP contribution in [-0.2, 0) is 19.1 Å². The summed E-state index contributed by atoms with van der Waals surface area (Å²) in [6.45, 7) is 3.87. The van der Waals surface area contributed by atoms with E-state index in [1.54, 1.807) is 19.9 Å². The van der Waals surface area contributed by atoms with Gasteiger partial charge in [-0.2, -0.15) is 0 Å². The number of nitrogens with one attached hydrogen (secondary N) is 1. The molecule has 23 heavy (non-hydrogen) atoms. The maximum atomic E-state index is 13.2. The number of amides is 2. The van der Waals surface area contributed by atoms with Crippen molar-refractivity contribution in [3.63, 3.8) is 0 Å². The van der Waals surface area contributed by atoms with Crippen molar-refractivity contribution in [2.45, 2.75) is 20.3 Å². The quantitative estimate of drug-likeness (QED) is 0.676. The van der Waals surface area contributed by atoms with E-state index in [0.29, 0.717) is 24.2 Å². The molecule has 2 amide bonds. The third-order valence-corrected chi connectivity index (χ3v) is 3.72. The first kappa shape index (κ1) is 16.9. The lowest BCUT2D eigenvalue weighted by molar-refractivity contribution is -0.159. The van der Waals surface area contributed by atoms with Crippen LogP contribution in [0.5, 0.6) is 0 Å². The van der Waals surface area contributed by atoms with Crippen molar-refractivity contribution >= 4 is 23.5 Å². The van der Waals surface area contributed by atoms with Gasteiger partial charge in [0.1, 0.15) is 5.82 Å². The summed E-state index contributed by atoms with van der Waals surface area (Å²) in [7, 11) is 0. The smallest absolute Gasteiger partial charge is 0.397 e. The highest BCUT2D eigenvalue weighted by Crippen LogP contribution is 2.20. The summed E-state index contributed by atoms with van der Waals surface area (Å²) in [5, 5.41) is 2.71. The zero-order chi connectivity index (χ0) is 17.0. The Morgan fingerprint density at radius 2 is 2.13 bits per heavy atom. The van der Waals surface area contributed by atoms with Gasteiger partial charge in [0.15, 0.2) is 0 Å². The molecule has 0 bridgehead atoms. The Morgan fingerprint density at radius 1 is 1.39 bits per heavy atom. The average molecular weight is 322 g/mol. The number of halogens is 1. The zero-order valence-electron chi connectivity index (χ0n) is 13.1. The molecular formula is C16H19FN2O4. The van der Waals surface area contributed by atoms with E-state index in [0.717, 1.165) is 0 Å². The highest BCUT2D eigenvalue weighted by atomic mass is 19.1. The Balaban J connectivity index is 1.93. The Morgan fingerprint density at radius 3 is 2.78 bits per heavy atom. The van der Waals surface area contributed by atoms with Crippen LogP contribution in [0.25, 0.3) is 0 Å². The summed E-state index contributed by atoms with van der Waals surface area (Å²) in [4.78, 5) is 36.8. The normalized spacial score (nSPS) is 17.0. The maximum Gasteiger partial charge on any atom is 0.397 e. The molecule has 124 valence electrons. The van der Waals surface area contributed by atoms with Crippen molar-refractivity contribution in [1.29, 1.82) is 0 Å². The fraction of sp³-hybridized carbons (Fsp3) is 0.438. The summed E-state index contributed by atoms with van der Waals surface area (Å²) in [6.07, 6.45) is 0.469. The van der Waals surface area contributed by atoms with E-state index in [2.05, 4.69) is 10.1 Å². The minimum absolute atomic E-state index is 0.131. The van der Waals surface area contributed by atoms with Crippen LogP contribution in [0.3, 0.4) is 0 Å². The summed E-state index contributed by atoms with van der Waals surface area (Å²) in [5.74, 6) is -2.62. The molecular weight excluding hydrogens is 303 g/mol. The van der Waals surface area contributed by atoms with Crippen LogP contribution in [0.15, 0.2) is 18.2 Å². The lowest BCUT2D eigenvalue weighted by Gasteiger charge is -2.15. The highest BCUT2D eigenvalue weighted by molar-refractivity contribution is 6.32. The van der Waals surface area contributed by atoms with Crippen LogP contribution in [0.2, 0.25) is 0 Å². The molecule has 0 aromatic heterocycles. The first-order chi connectivity index (χ1) is 10.9. The fourth-order valence-corrected chi connectivity index (χ4v) is 2.45. The number of likely N-dealkylation sites (tertiary alicyclic amines) is 1. The number of rotatable bonds is 3. The molecule has 1 aliphatic heterocycles. The van der Waals surface area contributed by atoms with Crippen LogP contribution >= 0.6 is 0 Å². The van der Waals surface area contributed by atoms with Crippen molar-refractivity contribution in [1.82, 2.24) is 4.90 Å². The number of benzene rings is 1. The molecule has 0 spiro atoms. The van der Waals surface area contributed by atoms with Gasteiger partial charge in [0, 0.05) is 18.8 Å². The van der Waals surface area contributed by atoms with Crippen LogP contribution in [-0.4, -0.2) is 42.4 Å². The molecule has 1 saturated heterocycles. The molecule has 0 aliphatic carbocycles. The standard InChI is InChI=1S/C16H19FN2O4/c1-3-23-16(22)15(21)19-7-6-11(9-19)14(20)18-12-4-5-13(17)10(2)8-12/h4-5,8,11H,3,6-7,9H2,1-2H3,(H,18,20)/t11-/m0/s1. The second-order valence-electron chi connectivity index (χ2n) is 5.41. The minimum atomic E-state index is -0.900. The predicted molar refractivity (Wildman–Crippen MR) is 81.1 cm³/mol. The van der Waals surface area contributed by atoms with Crippen molar-refractivity contribution in [3.05, 3.63) is 29.6 Å². The minimum Gasteiger partial charge on any atom is -0.459 e. The number of anilines is 1. The van der Waals surface area contributed by atoms with Crippen LogP contribution in [0.4, 0.5) is 10.1 Å². The third-order valence-electron chi connectivity index (χ3n) is 3.72. The summed E-state index contributed by atoms with van der Waals surface area (Å²) in [5.41, 5.74) is 0.942. The second kappa shape index (κ2) is 7.21. The molecule has 1 aliphatic rings. The van der Waals surface area contributed by atoms with Gasteiger partial charge in [-0.3, -0.25) is 9.59 Å². The molecule has 1 fully saturated rings. The first-order valence-electron chi connectivity index (χ1n) is 7.45. The topological polar surface area (TPSA) is 75.7 Å². The van der Waals surface area contributed by atoms with Gasteiger partial charge in [-0.25, -0.2) is 9.18 Å². The number of carbonyl (C=O) groups is 3. The molecule has 1 heterocycles. The molecule has 2 rings (SSSR count). The number of hydrogen-bond donors (Lipinski definition) is 1. The van der Waals surface area contributed by atoms with Crippen molar-refractivity contribution in [2.75, 3.05) is 25.0 Å². The molecule has 1 aromatic carbocycles. The molecule has 7 heteroatoms. The van der Waals surface area contributed by atoms with Crippen LogP contribution in [0, 0.1) is 18.7 Å². The van der Waals surface area contributed by atoms with Crippen molar-refractivity contribution in [2.24, 2.45) is 5.92 Å². The Kier molecular flexibility index (Phi) is 5.31. The van der Waals surface area contributed by atoms with Crippen molar-refractivity contribution in [3.8, 4) is 0 Å². The van der Waals surface area contributed by atoms with Gasteiger partial charge in [-0.15, -0.1) is 0 Å². The van der Waals surface area contributed by atoms with Crippen LogP contribution < -0.4 is 5.32 Å². The molecule has 6 nitrogen and oxygen atoms in total.